The van der Waals surface area contributed by atoms with Crippen molar-refractivity contribution < 1.29 is 13.9 Å². The van der Waals surface area contributed by atoms with E-state index in [0.29, 0.717) is 23.7 Å². The Morgan fingerprint density at radius 3 is 2.73 bits per heavy atom. The number of benzene rings is 2. The lowest BCUT2D eigenvalue weighted by Gasteiger charge is -2.14. The predicted molar refractivity (Wildman–Crippen MR) is 128 cm³/mol. The Morgan fingerprint density at radius 2 is 1.91 bits per heavy atom. The third-order valence-corrected chi connectivity index (χ3v) is 5.48. The Morgan fingerprint density at radius 1 is 1.03 bits per heavy atom. The molecule has 0 saturated carbocycles. The first kappa shape index (κ1) is 20.7. The molecule has 0 radical (unpaired) electrons. The number of rotatable bonds is 7. The number of fused-ring (bicyclic) bond motifs is 1. The molecule has 0 saturated heterocycles. The van der Waals surface area contributed by atoms with E-state index in [9.17, 15) is 4.79 Å². The minimum absolute atomic E-state index is 0.123. The SMILES string of the molecule is N[C@H](COc1cncc(-c2ccc3c(c2)/C(=C\c2ccco2)C(=O)N3)c1)Cc1ccccc1. The highest BCUT2D eigenvalue weighted by molar-refractivity contribution is 6.35. The van der Waals surface area contributed by atoms with Gasteiger partial charge in [0.05, 0.1) is 18.0 Å². The summed E-state index contributed by atoms with van der Waals surface area (Å²) in [6, 6.07) is 21.4. The molecule has 1 amide bonds. The van der Waals surface area contributed by atoms with Crippen molar-refractivity contribution in [3.8, 4) is 16.9 Å². The summed E-state index contributed by atoms with van der Waals surface area (Å²) in [5.41, 5.74) is 11.4. The highest BCUT2D eigenvalue weighted by Gasteiger charge is 2.25. The summed E-state index contributed by atoms with van der Waals surface area (Å²) in [7, 11) is 0. The largest absolute Gasteiger partial charge is 0.490 e. The van der Waals surface area contributed by atoms with Gasteiger partial charge in [-0.3, -0.25) is 9.78 Å². The first-order valence-corrected chi connectivity index (χ1v) is 10.7. The second-order valence-corrected chi connectivity index (χ2v) is 7.96. The van der Waals surface area contributed by atoms with Crippen molar-refractivity contribution in [3.63, 3.8) is 0 Å². The lowest BCUT2D eigenvalue weighted by atomic mass is 10.00. The molecule has 4 aromatic rings. The second-order valence-electron chi connectivity index (χ2n) is 7.96. The monoisotopic (exact) mass is 437 g/mol. The third-order valence-electron chi connectivity index (χ3n) is 5.48. The van der Waals surface area contributed by atoms with Crippen LogP contribution in [0.15, 0.2) is 89.8 Å². The van der Waals surface area contributed by atoms with Gasteiger partial charge in [-0.05, 0) is 54.0 Å². The molecule has 1 atom stereocenters. The van der Waals surface area contributed by atoms with E-state index in [-0.39, 0.29) is 11.9 Å². The quantitative estimate of drug-likeness (QED) is 0.406. The summed E-state index contributed by atoms with van der Waals surface area (Å²) in [4.78, 5) is 16.8. The van der Waals surface area contributed by atoms with Crippen molar-refractivity contribution in [2.24, 2.45) is 5.73 Å². The van der Waals surface area contributed by atoms with E-state index in [2.05, 4.69) is 22.4 Å². The van der Waals surface area contributed by atoms with Crippen molar-refractivity contribution in [1.29, 1.82) is 0 Å². The minimum atomic E-state index is -0.152. The van der Waals surface area contributed by atoms with E-state index < -0.39 is 0 Å². The average Bonchev–Trinajstić information content (AvgIpc) is 3.46. The molecule has 0 spiro atoms. The molecule has 0 unspecified atom stereocenters. The standard InChI is InChI=1S/C27H23N3O3/c28-21(11-18-5-2-1-3-6-18)17-33-23-12-20(15-29-16-23)19-8-9-26-24(13-19)25(27(31)30-26)14-22-7-4-10-32-22/h1-10,12-16,21H,11,17,28H2,(H,30,31)/b25-14+/t21-/m0/s1. The summed E-state index contributed by atoms with van der Waals surface area (Å²) in [6.45, 7) is 0.388. The molecule has 1 aliphatic heterocycles. The molecule has 0 bridgehead atoms. The molecule has 5 rings (SSSR count). The molecule has 6 nitrogen and oxygen atoms in total. The van der Waals surface area contributed by atoms with Gasteiger partial charge in [-0.25, -0.2) is 0 Å². The molecule has 2 aromatic heterocycles. The number of carbonyl (C=O) groups is 1. The van der Waals surface area contributed by atoms with Crippen LogP contribution in [0.4, 0.5) is 5.69 Å². The van der Waals surface area contributed by atoms with Gasteiger partial charge >= 0.3 is 0 Å². The average molecular weight is 437 g/mol. The number of pyridine rings is 1. The number of furan rings is 1. The summed E-state index contributed by atoms with van der Waals surface area (Å²) >= 11 is 0. The van der Waals surface area contributed by atoms with Gasteiger partial charge in [-0.2, -0.15) is 0 Å². The van der Waals surface area contributed by atoms with Crippen molar-refractivity contribution in [2.45, 2.75) is 12.5 Å². The number of carbonyl (C=O) groups excluding carboxylic acids is 1. The van der Waals surface area contributed by atoms with E-state index in [4.69, 9.17) is 14.9 Å². The molecule has 164 valence electrons. The Kier molecular flexibility index (Phi) is 5.74. The van der Waals surface area contributed by atoms with Crippen LogP contribution >= 0.6 is 0 Å². The maximum absolute atomic E-state index is 12.5. The smallest absolute Gasteiger partial charge is 0.256 e. The van der Waals surface area contributed by atoms with Gasteiger partial charge in [0, 0.05) is 29.1 Å². The first-order valence-electron chi connectivity index (χ1n) is 10.7. The summed E-state index contributed by atoms with van der Waals surface area (Å²) < 4.78 is 11.3. The van der Waals surface area contributed by atoms with Crippen molar-refractivity contribution in [3.05, 3.63) is 102 Å². The Labute approximate surface area is 191 Å². The van der Waals surface area contributed by atoms with Crippen LogP contribution in [0, 0.1) is 0 Å². The number of nitrogens with two attached hydrogens (primary N) is 1. The molecule has 3 N–H and O–H groups in total. The predicted octanol–water partition coefficient (Wildman–Crippen LogP) is 4.78. The maximum Gasteiger partial charge on any atom is 0.256 e. The number of aromatic nitrogens is 1. The van der Waals surface area contributed by atoms with E-state index >= 15 is 0 Å². The highest BCUT2D eigenvalue weighted by atomic mass is 16.5. The topological polar surface area (TPSA) is 90.4 Å². The van der Waals surface area contributed by atoms with Gasteiger partial charge in [0.15, 0.2) is 0 Å². The van der Waals surface area contributed by atoms with E-state index in [1.54, 1.807) is 30.8 Å². The molecular formula is C27H23N3O3. The zero-order valence-electron chi connectivity index (χ0n) is 17.9. The Balaban J connectivity index is 1.33. The fourth-order valence-corrected chi connectivity index (χ4v) is 3.86. The van der Waals surface area contributed by atoms with Gasteiger partial charge < -0.3 is 20.2 Å². The normalized spacial score (nSPS) is 14.7. The van der Waals surface area contributed by atoms with Gasteiger partial charge in [0.1, 0.15) is 18.1 Å². The molecule has 6 heteroatoms. The van der Waals surface area contributed by atoms with E-state index in [1.807, 2.05) is 48.5 Å². The van der Waals surface area contributed by atoms with Crippen LogP contribution in [-0.2, 0) is 11.2 Å². The number of nitrogens with zero attached hydrogens (tertiary/aromatic N) is 1. The molecule has 3 heterocycles. The first-order chi connectivity index (χ1) is 16.2. The van der Waals surface area contributed by atoms with Crippen LogP contribution in [-0.4, -0.2) is 23.5 Å². The summed E-state index contributed by atoms with van der Waals surface area (Å²) in [5, 5.41) is 2.90. The van der Waals surface area contributed by atoms with Crippen LogP contribution < -0.4 is 15.8 Å². The fraction of sp³-hybridized carbons (Fsp3) is 0.111. The van der Waals surface area contributed by atoms with Crippen LogP contribution in [0.2, 0.25) is 0 Å². The molecule has 1 aliphatic rings. The summed E-state index contributed by atoms with van der Waals surface area (Å²) in [5.74, 6) is 1.13. The number of hydrogen-bond acceptors (Lipinski definition) is 5. The molecule has 2 aromatic carbocycles. The number of hydrogen-bond donors (Lipinski definition) is 2. The van der Waals surface area contributed by atoms with Crippen LogP contribution in [0.1, 0.15) is 16.9 Å². The fourth-order valence-electron chi connectivity index (χ4n) is 3.86. The highest BCUT2D eigenvalue weighted by Crippen LogP contribution is 2.36. The Hall–Kier alpha value is -4.16. The maximum atomic E-state index is 12.5. The lowest BCUT2D eigenvalue weighted by molar-refractivity contribution is -0.110. The molecule has 0 fully saturated rings. The van der Waals surface area contributed by atoms with Crippen molar-refractivity contribution >= 4 is 23.2 Å². The van der Waals surface area contributed by atoms with E-state index in [0.717, 1.165) is 28.8 Å². The summed E-state index contributed by atoms with van der Waals surface area (Å²) in [6.07, 6.45) is 7.53. The van der Waals surface area contributed by atoms with Gasteiger partial charge in [0.25, 0.3) is 5.91 Å². The molecular weight excluding hydrogens is 414 g/mol. The van der Waals surface area contributed by atoms with Crippen LogP contribution in [0.3, 0.4) is 0 Å². The number of ether oxygens (including phenoxy) is 1. The number of nitrogens with one attached hydrogen (secondary N) is 1. The van der Waals surface area contributed by atoms with Gasteiger partial charge in [-0.1, -0.05) is 36.4 Å². The zero-order chi connectivity index (χ0) is 22.6. The van der Waals surface area contributed by atoms with Gasteiger partial charge in [0.2, 0.25) is 0 Å². The molecule has 0 aliphatic carbocycles. The van der Waals surface area contributed by atoms with E-state index in [1.165, 1.54) is 5.56 Å². The zero-order valence-corrected chi connectivity index (χ0v) is 17.9. The van der Waals surface area contributed by atoms with Gasteiger partial charge in [-0.15, -0.1) is 0 Å². The minimum Gasteiger partial charge on any atom is -0.490 e. The Bertz CT molecular complexity index is 1300. The number of amides is 1. The van der Waals surface area contributed by atoms with Crippen molar-refractivity contribution in [1.82, 2.24) is 4.98 Å². The molecule has 33 heavy (non-hydrogen) atoms. The van der Waals surface area contributed by atoms with Crippen LogP contribution in [0.25, 0.3) is 22.8 Å². The van der Waals surface area contributed by atoms with Crippen LogP contribution in [0.5, 0.6) is 5.75 Å². The third kappa shape index (κ3) is 4.71. The van der Waals surface area contributed by atoms with Crippen molar-refractivity contribution in [2.75, 3.05) is 11.9 Å². The number of anilines is 1. The lowest BCUT2D eigenvalue weighted by Crippen LogP contribution is -2.30. The second kappa shape index (κ2) is 9.14.